The Morgan fingerprint density at radius 3 is 2.00 bits per heavy atom. The molecule has 0 aliphatic carbocycles. The number of aromatic nitrogens is 1. The number of nitrogens with zero attached hydrogens (tertiary/aromatic N) is 1. The van der Waals surface area contributed by atoms with Gasteiger partial charge < -0.3 is 0 Å². The Hall–Kier alpha value is -4.26. The van der Waals surface area contributed by atoms with Crippen molar-refractivity contribution >= 4 is 54.2 Å². The van der Waals surface area contributed by atoms with Crippen molar-refractivity contribution in [2.24, 2.45) is 0 Å². The van der Waals surface area contributed by atoms with Gasteiger partial charge in [-0.1, -0.05) is 0 Å². The van der Waals surface area contributed by atoms with Crippen LogP contribution in [0.5, 0.6) is 0 Å². The number of amides is 1. The number of benzene rings is 2. The van der Waals surface area contributed by atoms with Crippen LogP contribution in [-0.4, -0.2) is 85.3 Å². The van der Waals surface area contributed by atoms with Gasteiger partial charge in [0, 0.05) is 20.8 Å². The molecule has 1 aliphatic rings. The minimum absolute atomic E-state index is 0.125. The van der Waals surface area contributed by atoms with Gasteiger partial charge in [-0.05, 0) is 0 Å². The van der Waals surface area contributed by atoms with Crippen molar-refractivity contribution in [3.8, 4) is 5.69 Å². The maximum atomic E-state index is 13.3. The molecule has 1 saturated heterocycles. The molecular weight excluding hydrogens is 619 g/mol. The number of carbonyl (C=O) groups excluding carboxylic acids is 5. The summed E-state index contributed by atoms with van der Waals surface area (Å²) in [6, 6.07) is 13.7. The van der Waals surface area contributed by atoms with E-state index in [0.717, 1.165) is 32.0 Å². The number of hydrogen-bond donors (Lipinski definition) is 1. The van der Waals surface area contributed by atoms with Crippen LogP contribution >= 0.6 is 0 Å². The standard InChI is InChI=1S/C28H28N2O11Se/c1-14(31)37-13-21-23(38-15(2)32)24(39-16(3)33)25(40-17(4)34)27(41-21)29-26(35)18-9-11-19(12-10-18)30-28(36)20-7-5-6-8-22(20)42-30/h5-12,21,23-25,27H,13H2,1-4H3,(H,29,35)/t21-,23-,24+,25-,27-/m1/s1. The molecule has 2 aromatic carbocycles. The molecule has 0 saturated carbocycles. The number of esters is 4. The summed E-state index contributed by atoms with van der Waals surface area (Å²) >= 11 is -0.258. The summed E-state index contributed by atoms with van der Waals surface area (Å²) in [6.45, 7) is 4.06. The summed E-state index contributed by atoms with van der Waals surface area (Å²) in [5, 5.41) is 3.25. The molecule has 3 aromatic rings. The molecule has 2 heterocycles. The second-order valence-electron chi connectivity index (χ2n) is 9.33. The second kappa shape index (κ2) is 13.1. The molecule has 1 fully saturated rings. The third-order valence-corrected chi connectivity index (χ3v) is 8.45. The van der Waals surface area contributed by atoms with Crippen LogP contribution in [0.15, 0.2) is 53.3 Å². The van der Waals surface area contributed by atoms with Gasteiger partial charge in [0.25, 0.3) is 0 Å². The first-order valence-electron chi connectivity index (χ1n) is 12.8. The number of hydrogen-bond acceptors (Lipinski definition) is 11. The van der Waals surface area contributed by atoms with Crippen LogP contribution in [0.1, 0.15) is 38.1 Å². The first-order chi connectivity index (χ1) is 19.9. The van der Waals surface area contributed by atoms with E-state index in [4.69, 9.17) is 23.7 Å². The van der Waals surface area contributed by atoms with E-state index in [1.807, 2.05) is 12.1 Å². The summed E-state index contributed by atoms with van der Waals surface area (Å²) in [4.78, 5) is 73.5. The van der Waals surface area contributed by atoms with Crippen molar-refractivity contribution in [1.29, 1.82) is 0 Å². The molecule has 0 unspecified atom stereocenters. The van der Waals surface area contributed by atoms with E-state index >= 15 is 0 Å². The summed E-state index contributed by atoms with van der Waals surface area (Å²) in [6.07, 6.45) is -6.80. The SMILES string of the molecule is CC(=O)OC[C@H]1O[C@@H](NC(=O)c2ccc(-n3[se]c4ccccc4c3=O)cc2)[C@H](OC(C)=O)[C@@H](OC(C)=O)[C@@H]1OC(C)=O. The number of carbonyl (C=O) groups is 5. The topological polar surface area (TPSA) is 166 Å². The number of nitrogens with one attached hydrogen (secondary N) is 1. The molecule has 1 aliphatic heterocycles. The maximum absolute atomic E-state index is 13.3. The predicted molar refractivity (Wildman–Crippen MR) is 146 cm³/mol. The van der Waals surface area contributed by atoms with Crippen LogP contribution in [0.2, 0.25) is 0 Å². The van der Waals surface area contributed by atoms with E-state index in [1.54, 1.807) is 27.8 Å². The van der Waals surface area contributed by atoms with Gasteiger partial charge in [0.05, 0.1) is 0 Å². The smallest absolute Gasteiger partial charge is 0.253 e. The molecule has 0 bridgehead atoms. The molecule has 1 aromatic heterocycles. The Morgan fingerprint density at radius 1 is 0.810 bits per heavy atom. The van der Waals surface area contributed by atoms with Crippen LogP contribution in [0.3, 0.4) is 0 Å². The van der Waals surface area contributed by atoms with E-state index in [2.05, 4.69) is 5.32 Å². The third kappa shape index (κ3) is 7.14. The third-order valence-electron chi connectivity index (χ3n) is 6.12. The minimum atomic E-state index is -1.43. The normalized spacial score (nSPS) is 21.7. The Bertz CT molecular complexity index is 1560. The van der Waals surface area contributed by atoms with Gasteiger partial charge in [-0.25, -0.2) is 0 Å². The zero-order chi connectivity index (χ0) is 30.6. The van der Waals surface area contributed by atoms with Gasteiger partial charge in [-0.15, -0.1) is 0 Å². The average Bonchev–Trinajstić information content (AvgIpc) is 3.26. The van der Waals surface area contributed by atoms with E-state index in [9.17, 15) is 28.8 Å². The number of ether oxygens (including phenoxy) is 5. The van der Waals surface area contributed by atoms with Gasteiger partial charge in [-0.3, -0.25) is 14.4 Å². The molecule has 14 heteroatoms. The van der Waals surface area contributed by atoms with Gasteiger partial charge in [-0.2, -0.15) is 0 Å². The zero-order valence-electron chi connectivity index (χ0n) is 23.1. The van der Waals surface area contributed by atoms with Crippen molar-refractivity contribution in [2.45, 2.75) is 58.3 Å². The van der Waals surface area contributed by atoms with Gasteiger partial charge >= 0.3 is 211 Å². The van der Waals surface area contributed by atoms with Gasteiger partial charge in [0.1, 0.15) is 0 Å². The van der Waals surface area contributed by atoms with Crippen molar-refractivity contribution in [3.05, 3.63) is 64.4 Å². The van der Waals surface area contributed by atoms with E-state index < -0.39 is 67.0 Å². The fourth-order valence-electron chi connectivity index (χ4n) is 4.45. The zero-order valence-corrected chi connectivity index (χ0v) is 24.8. The van der Waals surface area contributed by atoms with Crippen LogP contribution in [0.4, 0.5) is 0 Å². The molecule has 0 spiro atoms. The van der Waals surface area contributed by atoms with Crippen LogP contribution < -0.4 is 10.9 Å². The summed E-state index contributed by atoms with van der Waals surface area (Å²) in [7, 11) is 0. The second-order valence-corrected chi connectivity index (χ2v) is 11.4. The van der Waals surface area contributed by atoms with Gasteiger partial charge in [0.15, 0.2) is 0 Å². The van der Waals surface area contributed by atoms with E-state index in [0.29, 0.717) is 11.1 Å². The van der Waals surface area contributed by atoms with Crippen molar-refractivity contribution in [3.63, 3.8) is 0 Å². The minimum Gasteiger partial charge on any atom is -0.253 e. The Kier molecular flexibility index (Phi) is 9.61. The van der Waals surface area contributed by atoms with Crippen molar-refractivity contribution in [1.82, 2.24) is 8.88 Å². The molecule has 1 N–H and O–H groups in total. The van der Waals surface area contributed by atoms with E-state index in [-0.39, 0.29) is 25.9 Å². The fraction of sp³-hybridized carbons (Fsp3) is 0.357. The Morgan fingerprint density at radius 2 is 1.40 bits per heavy atom. The van der Waals surface area contributed by atoms with Crippen molar-refractivity contribution in [2.75, 3.05) is 6.61 Å². The monoisotopic (exact) mass is 648 g/mol. The average molecular weight is 647 g/mol. The first kappa shape index (κ1) is 30.7. The van der Waals surface area contributed by atoms with E-state index in [1.165, 1.54) is 12.1 Å². The van der Waals surface area contributed by atoms with Crippen LogP contribution in [0.25, 0.3) is 15.3 Å². The van der Waals surface area contributed by atoms with Crippen molar-refractivity contribution < 1.29 is 47.7 Å². The molecule has 13 nitrogen and oxygen atoms in total. The molecular formula is C28H28N2O11Se. The molecule has 42 heavy (non-hydrogen) atoms. The molecule has 222 valence electrons. The summed E-state index contributed by atoms with van der Waals surface area (Å²) in [5.74, 6) is -3.65. The summed E-state index contributed by atoms with van der Waals surface area (Å²) in [5.41, 5.74) is 0.670. The molecule has 1 amide bonds. The fourth-order valence-corrected chi connectivity index (χ4v) is 6.54. The van der Waals surface area contributed by atoms with Crippen LogP contribution in [0, 0.1) is 0 Å². The predicted octanol–water partition coefficient (Wildman–Crippen LogP) is 0.861. The molecule has 0 radical (unpaired) electrons. The molecule has 4 rings (SSSR count). The van der Waals surface area contributed by atoms with Crippen LogP contribution in [-0.2, 0) is 42.9 Å². The first-order valence-corrected chi connectivity index (χ1v) is 14.4. The quantitative estimate of drug-likeness (QED) is 0.209. The number of rotatable bonds is 8. The Balaban J connectivity index is 1.62. The van der Waals surface area contributed by atoms with Gasteiger partial charge in [0.2, 0.25) is 0 Å². The molecule has 5 atom stereocenters. The Labute approximate surface area is 245 Å². The number of fused-ring (bicyclic) bond motifs is 1. The summed E-state index contributed by atoms with van der Waals surface area (Å²) < 4.78 is 29.7.